The van der Waals surface area contributed by atoms with Gasteiger partial charge in [0.05, 0.1) is 6.10 Å². The molecule has 72 valence electrons. The fourth-order valence-electron chi connectivity index (χ4n) is 1.25. The van der Waals surface area contributed by atoms with Crippen molar-refractivity contribution >= 4 is 0 Å². The highest BCUT2D eigenvalue weighted by Crippen LogP contribution is 2.14. The van der Waals surface area contributed by atoms with Gasteiger partial charge in [0.2, 0.25) is 0 Å². The van der Waals surface area contributed by atoms with Crippen LogP contribution in [0.25, 0.3) is 0 Å². The molecule has 2 atom stereocenters. The minimum Gasteiger partial charge on any atom is -0.490 e. The first-order valence-electron chi connectivity index (χ1n) is 5.45. The molecule has 0 aliphatic carbocycles. The van der Waals surface area contributed by atoms with E-state index in [1.165, 1.54) is 0 Å². The van der Waals surface area contributed by atoms with Crippen LogP contribution in [0.2, 0.25) is 0 Å². The molecule has 0 heterocycles. The fourth-order valence-corrected chi connectivity index (χ4v) is 1.25. The van der Waals surface area contributed by atoms with E-state index in [9.17, 15) is 0 Å². The average Bonchev–Trinajstić information content (AvgIpc) is 2.18. The van der Waals surface area contributed by atoms with Crippen molar-refractivity contribution < 1.29 is 6.11 Å². The van der Waals surface area contributed by atoms with E-state index < -0.39 is 0 Å². The van der Waals surface area contributed by atoms with Gasteiger partial charge in [-0.3, -0.25) is 0 Å². The van der Waals surface area contributed by atoms with Crippen LogP contribution in [0.4, 0.5) is 0 Å². The zero-order valence-corrected chi connectivity index (χ0v) is 8.36. The van der Waals surface area contributed by atoms with Crippen molar-refractivity contribution in [3.8, 4) is 5.75 Å². The molecule has 1 aromatic rings. The summed E-state index contributed by atoms with van der Waals surface area (Å²) in [5.74, 6) is 0.866. The highest BCUT2D eigenvalue weighted by molar-refractivity contribution is 5.21. The Balaban J connectivity index is 2.55. The zero-order chi connectivity index (χ0) is 10.4. The highest BCUT2D eigenvalue weighted by atomic mass is 16.5. The molecule has 0 bridgehead atoms. The second-order valence-electron chi connectivity index (χ2n) is 3.09. The second-order valence-corrected chi connectivity index (χ2v) is 3.09. The number of para-hydroxylation sites is 1. The lowest BCUT2D eigenvalue weighted by molar-refractivity contribution is 0.186. The van der Waals surface area contributed by atoms with Crippen molar-refractivity contribution in [2.24, 2.45) is 0 Å². The van der Waals surface area contributed by atoms with Gasteiger partial charge in [-0.05, 0) is 25.0 Å². The summed E-state index contributed by atoms with van der Waals surface area (Å²) in [6, 6.07) is 9.74. The molecule has 0 fully saturated rings. The summed E-state index contributed by atoms with van der Waals surface area (Å²) in [4.78, 5) is 0. The Bertz CT molecular complexity index is 246. The number of rotatable bonds is 5. The van der Waals surface area contributed by atoms with Crippen LogP contribution in [0.1, 0.15) is 34.5 Å². The number of hydrogen-bond donors (Lipinski definition) is 0. The monoisotopic (exact) mass is 179 g/mol. The molecule has 1 nitrogen and oxygen atoms in total. The van der Waals surface area contributed by atoms with Crippen LogP contribution in [0.5, 0.6) is 5.75 Å². The second kappa shape index (κ2) is 5.63. The fraction of sp³-hybridized carbons (Fsp3) is 0.500. The van der Waals surface area contributed by atoms with E-state index in [2.05, 4.69) is 6.92 Å². The third-order valence-corrected chi connectivity index (χ3v) is 1.98. The minimum absolute atomic E-state index is 0.0161. The molecule has 0 aliphatic heterocycles. The molecule has 1 rings (SSSR count). The van der Waals surface area contributed by atoms with Gasteiger partial charge in [0, 0.05) is 1.37 Å². The number of hydrogen-bond acceptors (Lipinski definition) is 1. The van der Waals surface area contributed by atoms with Gasteiger partial charge in [0.25, 0.3) is 0 Å². The van der Waals surface area contributed by atoms with Crippen molar-refractivity contribution in [3.05, 3.63) is 30.3 Å². The van der Waals surface area contributed by atoms with E-state index >= 15 is 0 Å². The van der Waals surface area contributed by atoms with Crippen LogP contribution in [-0.2, 0) is 0 Å². The van der Waals surface area contributed by atoms with E-state index in [1.54, 1.807) is 0 Å². The van der Waals surface area contributed by atoms with Gasteiger partial charge < -0.3 is 4.74 Å². The van der Waals surface area contributed by atoms with E-state index in [4.69, 9.17) is 6.11 Å². The van der Waals surface area contributed by atoms with E-state index in [0.29, 0.717) is 0 Å². The Labute approximate surface area is 82.1 Å². The topological polar surface area (TPSA) is 9.23 Å². The molecule has 0 N–H and O–H groups in total. The van der Waals surface area contributed by atoms with Gasteiger partial charge >= 0.3 is 0 Å². The predicted octanol–water partition coefficient (Wildman–Crippen LogP) is 3.64. The van der Waals surface area contributed by atoms with Gasteiger partial charge in [0.15, 0.2) is 0 Å². The smallest absolute Gasteiger partial charge is 0.119 e. The Morgan fingerprint density at radius 2 is 2.00 bits per heavy atom. The molecule has 1 heteroatoms. The van der Waals surface area contributed by atoms with E-state index in [-0.39, 0.29) is 12.5 Å². The summed E-state index contributed by atoms with van der Waals surface area (Å²) in [7, 11) is 0. The minimum atomic E-state index is -0.171. The van der Waals surface area contributed by atoms with Gasteiger partial charge in [-0.2, -0.15) is 0 Å². The van der Waals surface area contributed by atoms with Crippen LogP contribution >= 0.6 is 0 Å². The third-order valence-electron chi connectivity index (χ3n) is 1.98. The summed E-state index contributed by atoms with van der Waals surface area (Å²) < 4.78 is 13.4. The van der Waals surface area contributed by atoms with Crippen LogP contribution in [0, 0.1) is 0 Å². The molecule has 0 radical (unpaired) electrons. The molecule has 0 saturated heterocycles. The van der Waals surface area contributed by atoms with Crippen molar-refractivity contribution in [1.82, 2.24) is 0 Å². The largest absolute Gasteiger partial charge is 0.490 e. The Hall–Kier alpha value is -0.980. The molecular formula is C12H18O. The Morgan fingerprint density at radius 3 is 2.54 bits per heavy atom. The van der Waals surface area contributed by atoms with Gasteiger partial charge in [0.1, 0.15) is 5.75 Å². The summed E-state index contributed by atoms with van der Waals surface area (Å²) in [5, 5.41) is 0. The standard InChI is InChI=1S/C12H18O/c1-3-8-11(4-2)13-12-9-6-5-7-10-12/h5-7,9-11H,3-4,8H2,1-2H3/t11-/m0/s1/i4D/t4?,11-. The Kier molecular flexibility index (Phi) is 3.73. The maximum absolute atomic E-state index is 7.66. The third kappa shape index (κ3) is 3.49. The van der Waals surface area contributed by atoms with Gasteiger partial charge in [-0.15, -0.1) is 0 Å². The molecule has 0 aromatic heterocycles. The van der Waals surface area contributed by atoms with Crippen LogP contribution in [-0.4, -0.2) is 6.10 Å². The highest BCUT2D eigenvalue weighted by Gasteiger charge is 2.05. The maximum Gasteiger partial charge on any atom is 0.119 e. The Morgan fingerprint density at radius 1 is 1.31 bits per heavy atom. The number of ether oxygens (including phenoxy) is 1. The van der Waals surface area contributed by atoms with Gasteiger partial charge in [-0.1, -0.05) is 38.5 Å². The van der Waals surface area contributed by atoms with E-state index in [0.717, 1.165) is 18.6 Å². The van der Waals surface area contributed by atoms with Crippen molar-refractivity contribution in [1.29, 1.82) is 0 Å². The zero-order valence-electron chi connectivity index (χ0n) is 9.36. The normalized spacial score (nSPS) is 16.0. The van der Waals surface area contributed by atoms with Crippen LogP contribution in [0.15, 0.2) is 30.3 Å². The lowest BCUT2D eigenvalue weighted by Crippen LogP contribution is -2.14. The quantitative estimate of drug-likeness (QED) is 0.670. The number of benzene rings is 1. The average molecular weight is 179 g/mol. The molecule has 0 amide bonds. The first-order chi connectivity index (χ1) is 6.74. The van der Waals surface area contributed by atoms with Gasteiger partial charge in [-0.25, -0.2) is 0 Å². The summed E-state index contributed by atoms with van der Waals surface area (Å²) in [5.41, 5.74) is 0. The molecule has 1 aromatic carbocycles. The van der Waals surface area contributed by atoms with Crippen LogP contribution < -0.4 is 4.74 Å². The molecule has 1 unspecified atom stereocenters. The lowest BCUT2D eigenvalue weighted by Gasteiger charge is -2.16. The molecule has 0 saturated carbocycles. The van der Waals surface area contributed by atoms with Crippen molar-refractivity contribution in [2.45, 2.75) is 39.2 Å². The summed E-state index contributed by atoms with van der Waals surface area (Å²) in [6.45, 7) is 3.99. The predicted molar refractivity (Wildman–Crippen MR) is 56.1 cm³/mol. The first kappa shape index (κ1) is 8.61. The van der Waals surface area contributed by atoms with Crippen LogP contribution in [0.3, 0.4) is 0 Å². The molecule has 0 spiro atoms. The molecule has 13 heavy (non-hydrogen) atoms. The lowest BCUT2D eigenvalue weighted by atomic mass is 10.1. The van der Waals surface area contributed by atoms with Crippen molar-refractivity contribution in [3.63, 3.8) is 0 Å². The summed E-state index contributed by atoms with van der Waals surface area (Å²) >= 11 is 0. The first-order valence-corrected chi connectivity index (χ1v) is 4.88. The van der Waals surface area contributed by atoms with E-state index in [1.807, 2.05) is 37.3 Å². The SMILES string of the molecule is [2H]C(C)[C@@H](CCC)Oc1ccccc1. The van der Waals surface area contributed by atoms with Crippen molar-refractivity contribution in [2.75, 3.05) is 0 Å². The molecule has 0 aliphatic rings. The maximum atomic E-state index is 7.66. The molecular weight excluding hydrogens is 160 g/mol. The summed E-state index contributed by atoms with van der Waals surface area (Å²) in [6.07, 6.45) is 1.85.